The molecule has 0 radical (unpaired) electrons. The van der Waals surface area contributed by atoms with Crippen LogP contribution < -0.4 is 0 Å². The van der Waals surface area contributed by atoms with Crippen LogP contribution >= 0.6 is 0 Å². The van der Waals surface area contributed by atoms with Gasteiger partial charge in [0, 0.05) is 16.6 Å². The number of hydrogen-bond donors (Lipinski definition) is 0. The fraction of sp³-hybridized carbons (Fsp3) is 0.373. The Bertz CT molecular complexity index is 2220. The van der Waals surface area contributed by atoms with Gasteiger partial charge in [-0.2, -0.15) is 21.0 Å². The van der Waals surface area contributed by atoms with Gasteiger partial charge in [-0.15, -0.1) is 0 Å². The molecule has 0 fully saturated rings. The van der Waals surface area contributed by atoms with Crippen molar-refractivity contribution in [3.8, 4) is 57.7 Å². The molecule has 3 aliphatic rings. The molecule has 0 aliphatic heterocycles. The van der Waals surface area contributed by atoms with Crippen LogP contribution in [-0.2, 0) is 5.41 Å². The predicted molar refractivity (Wildman–Crippen MR) is 223 cm³/mol. The lowest BCUT2D eigenvalue weighted by Gasteiger charge is -2.33. The van der Waals surface area contributed by atoms with Crippen molar-refractivity contribution in [2.45, 2.75) is 123 Å². The summed E-state index contributed by atoms with van der Waals surface area (Å²) in [4.78, 5) is 0. The molecular weight excluding hydrogens is 669 g/mol. The number of hydrogen-bond acceptors (Lipinski definition) is 4. The van der Waals surface area contributed by atoms with Gasteiger partial charge in [0.1, 0.15) is 35.4 Å². The van der Waals surface area contributed by atoms with Crippen LogP contribution in [0.15, 0.2) is 71.8 Å². The minimum atomic E-state index is -0.223. The molecule has 4 aromatic carbocycles. The van der Waals surface area contributed by atoms with Gasteiger partial charge in [-0.3, -0.25) is 0 Å². The van der Waals surface area contributed by atoms with Gasteiger partial charge in [-0.05, 0) is 118 Å². The van der Waals surface area contributed by atoms with Crippen molar-refractivity contribution in [3.63, 3.8) is 0 Å². The summed E-state index contributed by atoms with van der Waals surface area (Å²) >= 11 is 0. The molecule has 4 aromatic rings. The van der Waals surface area contributed by atoms with Crippen molar-refractivity contribution >= 4 is 11.1 Å². The van der Waals surface area contributed by atoms with E-state index in [2.05, 4.69) is 113 Å². The monoisotopic (exact) mass is 718 g/mol. The van der Waals surface area contributed by atoms with E-state index in [0.29, 0.717) is 11.1 Å². The summed E-state index contributed by atoms with van der Waals surface area (Å²) in [7, 11) is 0. The topological polar surface area (TPSA) is 95.2 Å². The first-order valence-corrected chi connectivity index (χ1v) is 20.6. The molecule has 0 N–H and O–H groups in total. The van der Waals surface area contributed by atoms with E-state index in [1.54, 1.807) is 0 Å². The van der Waals surface area contributed by atoms with Crippen LogP contribution in [0.4, 0.5) is 0 Å². The molecule has 55 heavy (non-hydrogen) atoms. The first kappa shape index (κ1) is 37.6. The summed E-state index contributed by atoms with van der Waals surface area (Å²) in [6.45, 7) is 8.66. The second kappa shape index (κ2) is 16.0. The van der Waals surface area contributed by atoms with Crippen molar-refractivity contribution in [1.82, 2.24) is 0 Å². The summed E-state index contributed by atoms with van der Waals surface area (Å²) in [6.07, 6.45) is 16.8. The summed E-state index contributed by atoms with van der Waals surface area (Å²) in [5, 5.41) is 41.0. The number of benzene rings is 4. The van der Waals surface area contributed by atoms with E-state index in [-0.39, 0.29) is 16.6 Å². The van der Waals surface area contributed by atoms with Crippen molar-refractivity contribution in [2.75, 3.05) is 0 Å². The maximum atomic E-state index is 10.2. The molecule has 0 bridgehead atoms. The first-order valence-electron chi connectivity index (χ1n) is 20.6. The van der Waals surface area contributed by atoms with Gasteiger partial charge < -0.3 is 0 Å². The minimum Gasteiger partial charge on any atom is -0.192 e. The van der Waals surface area contributed by atoms with Crippen LogP contribution in [0.25, 0.3) is 44.5 Å². The lowest BCUT2D eigenvalue weighted by atomic mass is 9.69. The largest absolute Gasteiger partial charge is 0.192 e. The number of fused-ring (bicyclic) bond motifs is 9. The highest BCUT2D eigenvalue weighted by atomic mass is 14.5. The molecule has 0 aromatic heterocycles. The molecule has 7 rings (SSSR count). The third kappa shape index (κ3) is 6.50. The number of aryl methyl sites for hydroxylation is 2. The number of allylic oxidation sites excluding steroid dienone is 2. The Balaban J connectivity index is 1.50. The van der Waals surface area contributed by atoms with Gasteiger partial charge in [0.05, 0.1) is 0 Å². The van der Waals surface area contributed by atoms with Gasteiger partial charge in [0.2, 0.25) is 0 Å². The second-order valence-electron chi connectivity index (χ2n) is 16.0. The van der Waals surface area contributed by atoms with Gasteiger partial charge in [-0.25, -0.2) is 0 Å². The van der Waals surface area contributed by atoms with Gasteiger partial charge >= 0.3 is 0 Å². The number of rotatable bonds is 14. The molecule has 3 aliphatic carbocycles. The fourth-order valence-corrected chi connectivity index (χ4v) is 9.82. The lowest BCUT2D eigenvalue weighted by Crippen LogP contribution is -2.26. The highest BCUT2D eigenvalue weighted by Gasteiger charge is 2.45. The van der Waals surface area contributed by atoms with E-state index >= 15 is 0 Å². The minimum absolute atomic E-state index is 0.131. The highest BCUT2D eigenvalue weighted by Crippen LogP contribution is 2.61. The summed E-state index contributed by atoms with van der Waals surface area (Å²) in [5.74, 6) is 0. The van der Waals surface area contributed by atoms with Crippen LogP contribution in [0.3, 0.4) is 0 Å². The molecule has 0 atom stereocenters. The zero-order valence-corrected chi connectivity index (χ0v) is 33.0. The quantitative estimate of drug-likeness (QED) is 0.0827. The zero-order valence-electron chi connectivity index (χ0n) is 33.0. The van der Waals surface area contributed by atoms with Gasteiger partial charge in [0.25, 0.3) is 0 Å². The number of unbranched alkanes of at least 4 members (excludes halogenated alkanes) is 10. The molecule has 0 saturated heterocycles. The average Bonchev–Trinajstić information content (AvgIpc) is 3.76. The molecular formula is C51H50N4. The van der Waals surface area contributed by atoms with Gasteiger partial charge in [-0.1, -0.05) is 138 Å². The Hall–Kier alpha value is -5.68. The smallest absolute Gasteiger partial charge is 0.138 e. The van der Waals surface area contributed by atoms with E-state index in [4.69, 9.17) is 0 Å². The zero-order chi connectivity index (χ0) is 38.7. The SMILES string of the molecule is CCCCCCCCC1(CCCCCCCC)c2cc3c(cc2-c2cc4c(cc21)-c1ccc(C)cc1C4=C(C#N)C#N)C(=C(C#N)C#N)c1cc(C)ccc1-3. The third-order valence-corrected chi connectivity index (χ3v) is 12.5. The average molecular weight is 719 g/mol. The molecule has 4 heteroatoms. The maximum absolute atomic E-state index is 10.2. The Morgan fingerprint density at radius 3 is 1.16 bits per heavy atom. The Morgan fingerprint density at radius 1 is 0.418 bits per heavy atom. The molecule has 0 saturated carbocycles. The van der Waals surface area contributed by atoms with Crippen molar-refractivity contribution in [3.05, 3.63) is 116 Å². The molecule has 4 nitrogen and oxygen atoms in total. The highest BCUT2D eigenvalue weighted by molar-refractivity contribution is 6.09. The summed E-state index contributed by atoms with van der Waals surface area (Å²) < 4.78 is 0. The van der Waals surface area contributed by atoms with E-state index in [0.717, 1.165) is 92.4 Å². The van der Waals surface area contributed by atoms with Crippen molar-refractivity contribution in [1.29, 1.82) is 21.0 Å². The van der Waals surface area contributed by atoms with E-state index in [1.807, 2.05) is 0 Å². The first-order chi connectivity index (χ1) is 26.8. The molecule has 0 amide bonds. The van der Waals surface area contributed by atoms with Crippen LogP contribution in [0.5, 0.6) is 0 Å². The van der Waals surface area contributed by atoms with Gasteiger partial charge in [0.15, 0.2) is 0 Å². The Morgan fingerprint density at radius 2 is 0.782 bits per heavy atom. The van der Waals surface area contributed by atoms with Crippen LogP contribution in [0.2, 0.25) is 0 Å². The molecule has 274 valence electrons. The lowest BCUT2D eigenvalue weighted by molar-refractivity contribution is 0.398. The standard InChI is InChI=1S/C51H50N4/c1-5-7-9-11-13-15-21-51(22-16-14-12-10-8-6-2)47-27-39-37-19-17-33(3)23-43(37)49(35(29-52)30-53)45(39)25-41(47)42-26-46-40(28-48(42)51)38-20-18-34(4)24-44(38)50(46)36(31-54)32-55/h17-20,23-28H,5-16,21-22H2,1-4H3. The summed E-state index contributed by atoms with van der Waals surface area (Å²) in [5.41, 5.74) is 16.7. The molecule has 0 heterocycles. The van der Waals surface area contributed by atoms with Crippen LogP contribution in [0.1, 0.15) is 148 Å². The third-order valence-electron chi connectivity index (χ3n) is 12.5. The van der Waals surface area contributed by atoms with E-state index < -0.39 is 0 Å². The molecule has 0 spiro atoms. The van der Waals surface area contributed by atoms with Crippen LogP contribution in [-0.4, -0.2) is 0 Å². The maximum Gasteiger partial charge on any atom is 0.138 e. The Labute approximate surface area is 328 Å². The van der Waals surface area contributed by atoms with E-state index in [1.165, 1.54) is 75.3 Å². The second-order valence-corrected chi connectivity index (χ2v) is 16.0. The Kier molecular flexibility index (Phi) is 10.9. The van der Waals surface area contributed by atoms with E-state index in [9.17, 15) is 21.0 Å². The normalized spacial score (nSPS) is 13.4. The van der Waals surface area contributed by atoms with Crippen molar-refractivity contribution in [2.24, 2.45) is 0 Å². The van der Waals surface area contributed by atoms with Crippen LogP contribution in [0, 0.1) is 59.2 Å². The number of nitriles is 4. The number of nitrogens with zero attached hydrogens (tertiary/aromatic N) is 4. The molecule has 0 unspecified atom stereocenters. The predicted octanol–water partition coefficient (Wildman–Crippen LogP) is 13.7. The van der Waals surface area contributed by atoms with Crippen molar-refractivity contribution < 1.29 is 0 Å². The summed E-state index contributed by atoms with van der Waals surface area (Å²) in [6, 6.07) is 31.1. The fourth-order valence-electron chi connectivity index (χ4n) is 9.82.